The predicted molar refractivity (Wildman–Crippen MR) is 155 cm³/mol. The molecule has 3 heterocycles. The molecule has 2 aromatic heterocycles. The first kappa shape index (κ1) is 25.8. The van der Waals surface area contributed by atoms with Crippen LogP contribution in [0.2, 0.25) is 0 Å². The first-order valence-corrected chi connectivity index (χ1v) is 13.6. The van der Waals surface area contributed by atoms with Crippen LogP contribution in [0.15, 0.2) is 66.9 Å². The van der Waals surface area contributed by atoms with Gasteiger partial charge in [0.2, 0.25) is 0 Å². The van der Waals surface area contributed by atoms with Gasteiger partial charge in [-0.25, -0.2) is 4.98 Å². The largest absolute Gasteiger partial charge is 0.487 e. The maximum atomic E-state index is 12.3. The summed E-state index contributed by atoms with van der Waals surface area (Å²) in [6, 6.07) is 20.5. The Morgan fingerprint density at radius 1 is 1.10 bits per heavy atom. The SMILES string of the molecule is CCOC(=O)Cc1c(C)cccc1OCc1nn(C2CCOC2)c2ccc(-c3cccc4c(N)nccc34)cc12. The summed E-state index contributed by atoms with van der Waals surface area (Å²) in [5.74, 6) is 0.904. The van der Waals surface area contributed by atoms with Crippen molar-refractivity contribution < 1.29 is 19.0 Å². The number of pyridine rings is 1. The van der Waals surface area contributed by atoms with Crippen LogP contribution in [0.4, 0.5) is 5.82 Å². The fourth-order valence-electron chi connectivity index (χ4n) is 5.49. The van der Waals surface area contributed by atoms with Crippen LogP contribution in [-0.4, -0.2) is 40.6 Å². The lowest BCUT2D eigenvalue weighted by atomic mass is 9.97. The van der Waals surface area contributed by atoms with Crippen LogP contribution < -0.4 is 10.5 Å². The quantitative estimate of drug-likeness (QED) is 0.251. The Kier molecular flexibility index (Phi) is 7.09. The number of rotatable bonds is 8. The number of esters is 1. The van der Waals surface area contributed by atoms with Gasteiger partial charge in [-0.2, -0.15) is 5.10 Å². The summed E-state index contributed by atoms with van der Waals surface area (Å²) in [7, 11) is 0. The van der Waals surface area contributed by atoms with Gasteiger partial charge in [-0.3, -0.25) is 9.48 Å². The Hall–Kier alpha value is -4.43. The van der Waals surface area contributed by atoms with Crippen molar-refractivity contribution >= 4 is 33.5 Å². The van der Waals surface area contributed by atoms with E-state index in [-0.39, 0.29) is 25.0 Å². The Morgan fingerprint density at radius 2 is 1.98 bits per heavy atom. The highest BCUT2D eigenvalue weighted by molar-refractivity contribution is 6.02. The third-order valence-corrected chi connectivity index (χ3v) is 7.54. The molecule has 0 bridgehead atoms. The minimum absolute atomic E-state index is 0.160. The third kappa shape index (κ3) is 4.86. The van der Waals surface area contributed by atoms with E-state index in [1.165, 1.54) is 0 Å². The van der Waals surface area contributed by atoms with E-state index in [2.05, 4.69) is 33.9 Å². The first-order chi connectivity index (χ1) is 19.5. The number of carbonyl (C=O) groups excluding carboxylic acids is 1. The summed E-state index contributed by atoms with van der Waals surface area (Å²) in [5.41, 5.74) is 12.0. The molecule has 3 aromatic carbocycles. The van der Waals surface area contributed by atoms with Gasteiger partial charge in [-0.1, -0.05) is 36.4 Å². The van der Waals surface area contributed by atoms with Gasteiger partial charge in [0.05, 0.1) is 31.2 Å². The van der Waals surface area contributed by atoms with Crippen LogP contribution in [0, 0.1) is 6.92 Å². The van der Waals surface area contributed by atoms with Crippen LogP contribution in [0.1, 0.15) is 36.2 Å². The van der Waals surface area contributed by atoms with Gasteiger partial charge in [-0.05, 0) is 66.6 Å². The normalized spacial score (nSPS) is 15.1. The number of hydrogen-bond acceptors (Lipinski definition) is 7. The molecule has 2 N–H and O–H groups in total. The number of anilines is 1. The predicted octanol–water partition coefficient (Wildman–Crippen LogP) is 5.79. The average molecular weight is 537 g/mol. The summed E-state index contributed by atoms with van der Waals surface area (Å²) in [6.07, 6.45) is 2.82. The summed E-state index contributed by atoms with van der Waals surface area (Å²) in [5, 5.41) is 8.02. The van der Waals surface area contributed by atoms with E-state index in [0.29, 0.717) is 24.8 Å². The summed E-state index contributed by atoms with van der Waals surface area (Å²) >= 11 is 0. The zero-order valence-electron chi connectivity index (χ0n) is 22.7. The molecule has 1 fully saturated rings. The van der Waals surface area contributed by atoms with Crippen LogP contribution in [0.25, 0.3) is 32.8 Å². The second-order valence-corrected chi connectivity index (χ2v) is 10.1. The summed E-state index contributed by atoms with van der Waals surface area (Å²) < 4.78 is 19.3. The molecule has 40 heavy (non-hydrogen) atoms. The van der Waals surface area contributed by atoms with Gasteiger partial charge >= 0.3 is 5.97 Å². The number of carbonyl (C=O) groups is 1. The van der Waals surface area contributed by atoms with E-state index in [9.17, 15) is 4.79 Å². The molecule has 0 spiro atoms. The molecular weight excluding hydrogens is 504 g/mol. The van der Waals surface area contributed by atoms with Crippen molar-refractivity contribution in [3.05, 3.63) is 83.7 Å². The molecular formula is C32H32N4O4. The number of fused-ring (bicyclic) bond motifs is 2. The van der Waals surface area contributed by atoms with Crippen LogP contribution in [0.5, 0.6) is 5.75 Å². The molecule has 1 unspecified atom stereocenters. The Morgan fingerprint density at radius 3 is 2.80 bits per heavy atom. The number of ether oxygens (including phenoxy) is 3. The molecule has 1 atom stereocenters. The standard InChI is InChI=1S/C32H32N4O4/c1-3-39-31(37)17-26-20(2)6-4-9-30(26)40-19-28-27-16-21(10-11-29(27)36(35-28)22-13-15-38-18-22)23-7-5-8-25-24(23)12-14-34-32(25)33/h4-12,14,16,22H,3,13,15,17-19H2,1-2H3,(H2,33,34). The maximum Gasteiger partial charge on any atom is 0.310 e. The molecule has 8 heteroatoms. The number of hydrogen-bond donors (Lipinski definition) is 1. The molecule has 204 valence electrons. The lowest BCUT2D eigenvalue weighted by molar-refractivity contribution is -0.142. The van der Waals surface area contributed by atoms with Crippen molar-refractivity contribution in [3.8, 4) is 16.9 Å². The lowest BCUT2D eigenvalue weighted by Gasteiger charge is -2.13. The van der Waals surface area contributed by atoms with Crippen LogP contribution >= 0.6 is 0 Å². The molecule has 1 aliphatic rings. The minimum atomic E-state index is -0.270. The van der Waals surface area contributed by atoms with Crippen molar-refractivity contribution in [2.24, 2.45) is 0 Å². The Labute approximate surface area is 232 Å². The van der Waals surface area contributed by atoms with E-state index < -0.39 is 0 Å². The van der Waals surface area contributed by atoms with Gasteiger partial charge in [0.25, 0.3) is 0 Å². The van der Waals surface area contributed by atoms with E-state index in [1.807, 2.05) is 50.2 Å². The van der Waals surface area contributed by atoms with Crippen molar-refractivity contribution in [1.29, 1.82) is 0 Å². The summed E-state index contributed by atoms with van der Waals surface area (Å²) in [6.45, 7) is 5.74. The average Bonchev–Trinajstić information content (AvgIpc) is 3.61. The van der Waals surface area contributed by atoms with Gasteiger partial charge in [0.15, 0.2) is 0 Å². The second-order valence-electron chi connectivity index (χ2n) is 10.1. The van der Waals surface area contributed by atoms with Gasteiger partial charge < -0.3 is 19.9 Å². The maximum absolute atomic E-state index is 12.3. The molecule has 8 nitrogen and oxygen atoms in total. The number of aromatic nitrogens is 3. The molecule has 1 saturated heterocycles. The molecule has 6 rings (SSSR count). The van der Waals surface area contributed by atoms with E-state index in [0.717, 1.165) is 62.7 Å². The topological polar surface area (TPSA) is 101 Å². The monoisotopic (exact) mass is 536 g/mol. The number of nitrogen functional groups attached to an aromatic ring is 1. The van der Waals surface area contributed by atoms with Crippen molar-refractivity contribution in [2.75, 3.05) is 25.6 Å². The zero-order chi connectivity index (χ0) is 27.6. The fourth-order valence-corrected chi connectivity index (χ4v) is 5.49. The second kappa shape index (κ2) is 11.0. The molecule has 0 aliphatic carbocycles. The fraction of sp³-hybridized carbons (Fsp3) is 0.281. The number of nitrogens with zero attached hydrogens (tertiary/aromatic N) is 3. The van der Waals surface area contributed by atoms with Crippen molar-refractivity contribution in [1.82, 2.24) is 14.8 Å². The Balaban J connectivity index is 1.40. The van der Waals surface area contributed by atoms with E-state index >= 15 is 0 Å². The molecule has 0 saturated carbocycles. The zero-order valence-corrected chi connectivity index (χ0v) is 22.7. The molecule has 0 amide bonds. The number of benzene rings is 3. The lowest BCUT2D eigenvalue weighted by Crippen LogP contribution is -2.11. The number of aryl methyl sites for hydroxylation is 1. The van der Waals surface area contributed by atoms with E-state index in [4.69, 9.17) is 25.0 Å². The Bertz CT molecular complexity index is 1700. The van der Waals surface area contributed by atoms with Crippen LogP contribution in [-0.2, 0) is 27.3 Å². The van der Waals surface area contributed by atoms with Gasteiger partial charge in [0.1, 0.15) is 23.9 Å². The highest BCUT2D eigenvalue weighted by Gasteiger charge is 2.23. The smallest absolute Gasteiger partial charge is 0.310 e. The highest BCUT2D eigenvalue weighted by Crippen LogP contribution is 2.35. The van der Waals surface area contributed by atoms with Gasteiger partial charge in [-0.15, -0.1) is 0 Å². The highest BCUT2D eigenvalue weighted by atomic mass is 16.5. The van der Waals surface area contributed by atoms with E-state index in [1.54, 1.807) is 6.20 Å². The number of nitrogens with two attached hydrogens (primary N) is 1. The molecule has 1 aliphatic heterocycles. The molecule has 0 radical (unpaired) electrons. The third-order valence-electron chi connectivity index (χ3n) is 7.54. The summed E-state index contributed by atoms with van der Waals surface area (Å²) in [4.78, 5) is 16.5. The van der Waals surface area contributed by atoms with Crippen molar-refractivity contribution in [3.63, 3.8) is 0 Å². The first-order valence-electron chi connectivity index (χ1n) is 13.6. The van der Waals surface area contributed by atoms with Gasteiger partial charge in [0, 0.05) is 29.1 Å². The minimum Gasteiger partial charge on any atom is -0.487 e. The van der Waals surface area contributed by atoms with Crippen LogP contribution in [0.3, 0.4) is 0 Å². The van der Waals surface area contributed by atoms with Crippen molar-refractivity contribution in [2.45, 2.75) is 39.3 Å². The molecule has 5 aromatic rings.